The largest absolute Gasteiger partial charge is 0.322 e. The summed E-state index contributed by atoms with van der Waals surface area (Å²) < 4.78 is 24.5. The highest BCUT2D eigenvalue weighted by Gasteiger charge is 2.12. The Morgan fingerprint density at radius 1 is 1.32 bits per heavy atom. The van der Waals surface area contributed by atoms with E-state index in [1.807, 2.05) is 6.20 Å². The Labute approximate surface area is 130 Å². The molecule has 2 aromatic heterocycles. The van der Waals surface area contributed by atoms with Crippen molar-refractivity contribution in [3.05, 3.63) is 58.1 Å². The van der Waals surface area contributed by atoms with Crippen LogP contribution in [0.25, 0.3) is 10.9 Å². The second-order valence-electron chi connectivity index (χ2n) is 5.01. The summed E-state index contributed by atoms with van der Waals surface area (Å²) in [6.07, 6.45) is 3.92. The lowest BCUT2D eigenvalue weighted by Crippen LogP contribution is -2.12. The molecular weight excluding hydrogens is 326 g/mol. The van der Waals surface area contributed by atoms with Gasteiger partial charge in [-0.15, -0.1) is 0 Å². The molecule has 0 radical (unpaired) electrons. The van der Waals surface area contributed by atoms with Gasteiger partial charge in [0.1, 0.15) is 0 Å². The van der Waals surface area contributed by atoms with E-state index in [2.05, 4.69) is 10.1 Å². The predicted molar refractivity (Wildman–Crippen MR) is 83.6 cm³/mol. The topological polar surface area (TPSA) is 84.8 Å². The highest BCUT2D eigenvalue weighted by atomic mass is 35.7. The number of hydrogen-bond acceptors (Lipinski definition) is 4. The van der Waals surface area contributed by atoms with Gasteiger partial charge in [0.15, 0.2) is 0 Å². The van der Waals surface area contributed by atoms with Gasteiger partial charge in [0.2, 0.25) is 0 Å². The van der Waals surface area contributed by atoms with Crippen LogP contribution in [0.2, 0.25) is 0 Å². The Hall–Kier alpha value is -2.12. The van der Waals surface area contributed by atoms with Crippen LogP contribution in [0.4, 0.5) is 0 Å². The molecule has 1 aromatic carbocycles. The van der Waals surface area contributed by atoms with Crippen molar-refractivity contribution in [2.75, 3.05) is 0 Å². The lowest BCUT2D eigenvalue weighted by atomic mass is 10.1. The summed E-state index contributed by atoms with van der Waals surface area (Å²) in [5.41, 5.74) is 1.78. The number of nitrogens with one attached hydrogen (secondary N) is 1. The minimum atomic E-state index is -3.81. The van der Waals surface area contributed by atoms with E-state index >= 15 is 0 Å². The zero-order valence-electron chi connectivity index (χ0n) is 11.6. The van der Waals surface area contributed by atoms with Crippen molar-refractivity contribution in [2.24, 2.45) is 7.05 Å². The van der Waals surface area contributed by atoms with E-state index in [1.165, 1.54) is 18.2 Å². The Morgan fingerprint density at radius 3 is 2.73 bits per heavy atom. The van der Waals surface area contributed by atoms with Gasteiger partial charge in [-0.25, -0.2) is 8.42 Å². The van der Waals surface area contributed by atoms with E-state index in [-0.39, 0.29) is 10.5 Å². The molecule has 1 N–H and O–H groups in total. The summed E-state index contributed by atoms with van der Waals surface area (Å²) in [5.74, 6) is 0. The average Bonchev–Trinajstić information content (AvgIpc) is 2.83. The highest BCUT2D eigenvalue weighted by molar-refractivity contribution is 8.13. The third kappa shape index (κ3) is 2.90. The third-order valence-corrected chi connectivity index (χ3v) is 4.68. The molecule has 0 unspecified atom stereocenters. The fourth-order valence-corrected chi connectivity index (χ4v) is 3.08. The number of halogens is 1. The molecule has 6 nitrogen and oxygen atoms in total. The summed E-state index contributed by atoms with van der Waals surface area (Å²) in [6.45, 7) is 0. The first-order valence-electron chi connectivity index (χ1n) is 6.41. The second-order valence-corrected chi connectivity index (χ2v) is 7.58. The maximum atomic E-state index is 12.1. The van der Waals surface area contributed by atoms with Crippen molar-refractivity contribution in [1.82, 2.24) is 14.8 Å². The molecule has 8 heteroatoms. The third-order valence-electron chi connectivity index (χ3n) is 3.33. The van der Waals surface area contributed by atoms with Gasteiger partial charge >= 0.3 is 0 Å². The van der Waals surface area contributed by atoms with Crippen molar-refractivity contribution in [3.8, 4) is 0 Å². The smallest absolute Gasteiger partial charge is 0.261 e. The average molecular weight is 338 g/mol. The van der Waals surface area contributed by atoms with Gasteiger partial charge in [0.05, 0.1) is 11.1 Å². The number of aromatic nitrogens is 3. The van der Waals surface area contributed by atoms with Crippen LogP contribution in [0.3, 0.4) is 0 Å². The van der Waals surface area contributed by atoms with Crippen LogP contribution in [0.5, 0.6) is 0 Å². The second kappa shape index (κ2) is 5.26. The van der Waals surface area contributed by atoms with Crippen molar-refractivity contribution in [2.45, 2.75) is 11.3 Å². The maximum Gasteiger partial charge on any atom is 0.261 e. The van der Waals surface area contributed by atoms with Crippen molar-refractivity contribution >= 4 is 30.6 Å². The van der Waals surface area contributed by atoms with Gasteiger partial charge in [-0.1, -0.05) is 0 Å². The summed E-state index contributed by atoms with van der Waals surface area (Å²) in [4.78, 5) is 14.8. The molecule has 0 atom stereocenters. The Balaban J connectivity index is 2.11. The van der Waals surface area contributed by atoms with Crippen LogP contribution < -0.4 is 5.56 Å². The lowest BCUT2D eigenvalue weighted by molar-refractivity contribution is 0.609. The van der Waals surface area contributed by atoms with Gasteiger partial charge in [-0.05, 0) is 35.2 Å². The molecule has 0 amide bonds. The number of fused-ring (bicyclic) bond motifs is 1. The first kappa shape index (κ1) is 14.8. The van der Waals surface area contributed by atoms with Crippen LogP contribution >= 0.6 is 10.7 Å². The van der Waals surface area contributed by atoms with Gasteiger partial charge in [0.25, 0.3) is 14.6 Å². The Morgan fingerprint density at radius 2 is 2.09 bits per heavy atom. The minimum Gasteiger partial charge on any atom is -0.322 e. The number of rotatable bonds is 3. The molecule has 3 rings (SSSR count). The first-order valence-corrected chi connectivity index (χ1v) is 8.72. The molecule has 0 aliphatic carbocycles. The van der Waals surface area contributed by atoms with Gasteiger partial charge in [0, 0.05) is 41.4 Å². The normalized spacial score (nSPS) is 11.9. The lowest BCUT2D eigenvalue weighted by Gasteiger charge is -2.04. The van der Waals surface area contributed by atoms with Crippen LogP contribution in [0, 0.1) is 0 Å². The van der Waals surface area contributed by atoms with Crippen LogP contribution in [0.1, 0.15) is 11.1 Å². The zero-order chi connectivity index (χ0) is 15.9. The molecule has 3 aromatic rings. The number of pyridine rings is 1. The minimum absolute atomic E-state index is 0.000966. The predicted octanol–water partition coefficient (Wildman–Crippen LogP) is 1.78. The molecule has 0 fully saturated rings. The number of aryl methyl sites for hydroxylation is 1. The monoisotopic (exact) mass is 337 g/mol. The number of nitrogens with zero attached hydrogens (tertiary/aromatic N) is 2. The van der Waals surface area contributed by atoms with Gasteiger partial charge < -0.3 is 4.98 Å². The van der Waals surface area contributed by atoms with E-state index in [9.17, 15) is 13.2 Å². The molecular formula is C14H12ClN3O3S. The molecule has 0 aliphatic rings. The molecule has 0 aliphatic heterocycles. The van der Waals surface area contributed by atoms with E-state index in [0.717, 1.165) is 5.56 Å². The fourth-order valence-electron chi connectivity index (χ4n) is 2.30. The number of benzene rings is 1. The van der Waals surface area contributed by atoms with Gasteiger partial charge in [-0.3, -0.25) is 9.48 Å². The standard InChI is InChI=1S/C14H12ClN3O3S/c1-18-8-9(7-16-18)4-11-5-10-6-12(22(15,20)21)2-3-13(10)17-14(11)19/h2-3,5-8H,4H2,1H3,(H,17,19). The summed E-state index contributed by atoms with van der Waals surface area (Å²) in [5, 5.41) is 4.67. The quantitative estimate of drug-likeness (QED) is 0.738. The highest BCUT2D eigenvalue weighted by Crippen LogP contribution is 2.21. The summed E-state index contributed by atoms with van der Waals surface area (Å²) >= 11 is 0. The van der Waals surface area contributed by atoms with Gasteiger partial charge in [-0.2, -0.15) is 5.10 Å². The maximum absolute atomic E-state index is 12.1. The first-order chi connectivity index (χ1) is 10.3. The number of H-pyrrole nitrogens is 1. The van der Waals surface area contributed by atoms with Crippen molar-refractivity contribution in [3.63, 3.8) is 0 Å². The molecule has 114 valence electrons. The SMILES string of the molecule is Cn1cc(Cc2cc3cc(S(=O)(=O)Cl)ccc3[nH]c2=O)cn1. The van der Waals surface area contributed by atoms with Crippen LogP contribution in [0.15, 0.2) is 46.3 Å². The van der Waals surface area contributed by atoms with E-state index in [0.29, 0.717) is 22.9 Å². The zero-order valence-corrected chi connectivity index (χ0v) is 13.1. The molecule has 0 saturated carbocycles. The molecule has 0 spiro atoms. The van der Waals surface area contributed by atoms with E-state index < -0.39 is 9.05 Å². The molecule has 0 bridgehead atoms. The number of aromatic amines is 1. The fraction of sp³-hybridized carbons (Fsp3) is 0.143. The Kier molecular flexibility index (Phi) is 3.54. The van der Waals surface area contributed by atoms with Crippen molar-refractivity contribution < 1.29 is 8.42 Å². The number of hydrogen-bond donors (Lipinski definition) is 1. The Bertz CT molecular complexity index is 1020. The molecule has 0 saturated heterocycles. The van der Waals surface area contributed by atoms with E-state index in [1.54, 1.807) is 24.0 Å². The molecule has 2 heterocycles. The molecule has 22 heavy (non-hydrogen) atoms. The van der Waals surface area contributed by atoms with Crippen LogP contribution in [-0.2, 0) is 22.5 Å². The van der Waals surface area contributed by atoms with Crippen molar-refractivity contribution in [1.29, 1.82) is 0 Å². The van der Waals surface area contributed by atoms with Crippen LogP contribution in [-0.4, -0.2) is 23.2 Å². The van der Waals surface area contributed by atoms with E-state index in [4.69, 9.17) is 10.7 Å². The summed E-state index contributed by atoms with van der Waals surface area (Å²) in [6, 6.07) is 6.01. The summed E-state index contributed by atoms with van der Waals surface area (Å²) in [7, 11) is 3.34.